The van der Waals surface area contributed by atoms with E-state index >= 15 is 0 Å². The maximum absolute atomic E-state index is 5.93. The Morgan fingerprint density at radius 1 is 0.917 bits per heavy atom. The van der Waals surface area contributed by atoms with Crippen molar-refractivity contribution in [3.8, 4) is 11.5 Å². The Labute approximate surface area is 151 Å². The van der Waals surface area contributed by atoms with E-state index in [0.29, 0.717) is 19.1 Å². The highest BCUT2D eigenvalue weighted by Crippen LogP contribution is 2.29. The Kier molecular flexibility index (Phi) is 9.28. The van der Waals surface area contributed by atoms with Gasteiger partial charge in [0.15, 0.2) is 11.5 Å². The molecule has 0 saturated heterocycles. The third-order valence-electron chi connectivity index (χ3n) is 3.43. The van der Waals surface area contributed by atoms with E-state index in [-0.39, 0.29) is 12.4 Å². The van der Waals surface area contributed by atoms with Crippen LogP contribution in [0.4, 0.5) is 0 Å². The predicted molar refractivity (Wildman–Crippen MR) is 102 cm³/mol. The lowest BCUT2D eigenvalue weighted by Crippen LogP contribution is -2.19. The van der Waals surface area contributed by atoms with Crippen molar-refractivity contribution in [1.29, 1.82) is 0 Å². The van der Waals surface area contributed by atoms with Crippen LogP contribution in [-0.2, 0) is 13.2 Å². The molecule has 0 spiro atoms. The standard InChI is InChI=1S/C20H27NO2.ClH/c1-4-22-20-12-18(14-21-13-16(2)3)10-11-19(20)23-15-17-8-6-5-7-9-17;/h5-12,16,21H,4,13-15H2,1-3H3;1H. The van der Waals surface area contributed by atoms with Crippen LogP contribution >= 0.6 is 12.4 Å². The minimum Gasteiger partial charge on any atom is -0.490 e. The zero-order chi connectivity index (χ0) is 16.5. The lowest BCUT2D eigenvalue weighted by molar-refractivity contribution is 0.269. The summed E-state index contributed by atoms with van der Waals surface area (Å²) < 4.78 is 11.7. The van der Waals surface area contributed by atoms with Crippen LogP contribution in [0.3, 0.4) is 0 Å². The first-order valence-electron chi connectivity index (χ1n) is 8.32. The molecule has 3 nitrogen and oxygen atoms in total. The second-order valence-electron chi connectivity index (χ2n) is 6.01. The van der Waals surface area contributed by atoms with Crippen LogP contribution in [0.15, 0.2) is 48.5 Å². The topological polar surface area (TPSA) is 30.5 Å². The monoisotopic (exact) mass is 349 g/mol. The van der Waals surface area contributed by atoms with Crippen molar-refractivity contribution in [2.75, 3.05) is 13.2 Å². The first-order chi connectivity index (χ1) is 11.2. The maximum Gasteiger partial charge on any atom is 0.161 e. The molecule has 0 radical (unpaired) electrons. The Hall–Kier alpha value is -1.71. The van der Waals surface area contributed by atoms with Gasteiger partial charge in [-0.3, -0.25) is 0 Å². The summed E-state index contributed by atoms with van der Waals surface area (Å²) in [5.74, 6) is 2.26. The Balaban J connectivity index is 0.00000288. The van der Waals surface area contributed by atoms with E-state index in [0.717, 1.165) is 30.2 Å². The Morgan fingerprint density at radius 2 is 1.67 bits per heavy atom. The smallest absolute Gasteiger partial charge is 0.161 e. The van der Waals surface area contributed by atoms with Gasteiger partial charge in [0.2, 0.25) is 0 Å². The summed E-state index contributed by atoms with van der Waals surface area (Å²) in [5, 5.41) is 3.45. The molecule has 0 aromatic heterocycles. The first kappa shape index (κ1) is 20.3. The molecule has 1 N–H and O–H groups in total. The van der Waals surface area contributed by atoms with Crippen LogP contribution in [0.1, 0.15) is 31.9 Å². The van der Waals surface area contributed by atoms with Crippen LogP contribution in [0.2, 0.25) is 0 Å². The van der Waals surface area contributed by atoms with E-state index in [1.807, 2.05) is 31.2 Å². The molecule has 0 aliphatic rings. The third-order valence-corrected chi connectivity index (χ3v) is 3.43. The zero-order valence-electron chi connectivity index (χ0n) is 14.7. The van der Waals surface area contributed by atoms with Crippen molar-refractivity contribution in [3.63, 3.8) is 0 Å². The number of hydrogen-bond acceptors (Lipinski definition) is 3. The molecule has 0 fully saturated rings. The van der Waals surface area contributed by atoms with Gasteiger partial charge >= 0.3 is 0 Å². The van der Waals surface area contributed by atoms with Gasteiger partial charge in [-0.15, -0.1) is 12.4 Å². The maximum atomic E-state index is 5.93. The summed E-state index contributed by atoms with van der Waals surface area (Å²) in [4.78, 5) is 0. The van der Waals surface area contributed by atoms with Gasteiger partial charge in [0.05, 0.1) is 6.61 Å². The van der Waals surface area contributed by atoms with Gasteiger partial charge in [0.25, 0.3) is 0 Å². The fourth-order valence-electron chi connectivity index (χ4n) is 2.29. The van der Waals surface area contributed by atoms with Gasteiger partial charge in [-0.05, 0) is 42.6 Å². The summed E-state index contributed by atoms with van der Waals surface area (Å²) in [6.07, 6.45) is 0. The minimum atomic E-state index is 0. The summed E-state index contributed by atoms with van der Waals surface area (Å²) in [5.41, 5.74) is 2.36. The van der Waals surface area contributed by atoms with Crippen molar-refractivity contribution in [3.05, 3.63) is 59.7 Å². The molecule has 0 unspecified atom stereocenters. The number of nitrogens with one attached hydrogen (secondary N) is 1. The van der Waals surface area contributed by atoms with Crippen LogP contribution in [-0.4, -0.2) is 13.2 Å². The van der Waals surface area contributed by atoms with Crippen LogP contribution in [0.25, 0.3) is 0 Å². The summed E-state index contributed by atoms with van der Waals surface area (Å²) in [6.45, 7) is 9.44. The predicted octanol–water partition coefficient (Wildman–Crippen LogP) is 4.83. The highest BCUT2D eigenvalue weighted by molar-refractivity contribution is 5.85. The molecule has 0 bridgehead atoms. The molecule has 0 amide bonds. The van der Waals surface area contributed by atoms with E-state index in [1.54, 1.807) is 0 Å². The lowest BCUT2D eigenvalue weighted by atomic mass is 10.1. The molecule has 0 heterocycles. The molecule has 0 saturated carbocycles. The summed E-state index contributed by atoms with van der Waals surface area (Å²) >= 11 is 0. The zero-order valence-corrected chi connectivity index (χ0v) is 15.6. The molecule has 0 atom stereocenters. The average molecular weight is 350 g/mol. The fourth-order valence-corrected chi connectivity index (χ4v) is 2.29. The van der Waals surface area contributed by atoms with E-state index in [4.69, 9.17) is 9.47 Å². The number of halogens is 1. The fraction of sp³-hybridized carbons (Fsp3) is 0.400. The van der Waals surface area contributed by atoms with Gasteiger partial charge in [-0.2, -0.15) is 0 Å². The molecule has 24 heavy (non-hydrogen) atoms. The van der Waals surface area contributed by atoms with E-state index < -0.39 is 0 Å². The molecular formula is C20H28ClNO2. The SMILES string of the molecule is CCOc1cc(CNCC(C)C)ccc1OCc1ccccc1.Cl. The quantitative estimate of drug-likeness (QED) is 0.703. The van der Waals surface area contributed by atoms with Gasteiger partial charge in [-0.25, -0.2) is 0 Å². The minimum absolute atomic E-state index is 0. The molecular weight excluding hydrogens is 322 g/mol. The normalized spacial score (nSPS) is 10.3. The number of rotatable bonds is 9. The van der Waals surface area contributed by atoms with Crippen LogP contribution in [0, 0.1) is 5.92 Å². The number of hydrogen-bond donors (Lipinski definition) is 1. The number of ether oxygens (including phenoxy) is 2. The molecule has 4 heteroatoms. The van der Waals surface area contributed by atoms with Crippen molar-refractivity contribution in [2.24, 2.45) is 5.92 Å². The highest BCUT2D eigenvalue weighted by Gasteiger charge is 2.07. The largest absolute Gasteiger partial charge is 0.490 e. The molecule has 2 aromatic carbocycles. The third kappa shape index (κ3) is 6.81. The van der Waals surface area contributed by atoms with Gasteiger partial charge < -0.3 is 14.8 Å². The second kappa shape index (κ2) is 11.0. The molecule has 2 rings (SSSR count). The van der Waals surface area contributed by atoms with Crippen LogP contribution in [0.5, 0.6) is 11.5 Å². The van der Waals surface area contributed by atoms with Crippen molar-refractivity contribution in [2.45, 2.75) is 33.9 Å². The molecule has 132 valence electrons. The Morgan fingerprint density at radius 3 is 2.33 bits per heavy atom. The van der Waals surface area contributed by atoms with Gasteiger partial charge in [-0.1, -0.05) is 50.2 Å². The van der Waals surface area contributed by atoms with E-state index in [9.17, 15) is 0 Å². The second-order valence-corrected chi connectivity index (χ2v) is 6.01. The summed E-state index contributed by atoms with van der Waals surface area (Å²) in [7, 11) is 0. The lowest BCUT2D eigenvalue weighted by Gasteiger charge is -2.14. The number of benzene rings is 2. The molecule has 0 aliphatic heterocycles. The Bertz CT molecular complexity index is 587. The molecule has 2 aromatic rings. The van der Waals surface area contributed by atoms with E-state index in [2.05, 4.69) is 43.4 Å². The average Bonchev–Trinajstić information content (AvgIpc) is 2.55. The van der Waals surface area contributed by atoms with Gasteiger partial charge in [0.1, 0.15) is 6.61 Å². The van der Waals surface area contributed by atoms with Crippen molar-refractivity contribution in [1.82, 2.24) is 5.32 Å². The van der Waals surface area contributed by atoms with Crippen molar-refractivity contribution < 1.29 is 9.47 Å². The summed E-state index contributed by atoms with van der Waals surface area (Å²) in [6, 6.07) is 16.3. The van der Waals surface area contributed by atoms with E-state index in [1.165, 1.54) is 5.56 Å². The van der Waals surface area contributed by atoms with Crippen LogP contribution < -0.4 is 14.8 Å². The van der Waals surface area contributed by atoms with Gasteiger partial charge in [0, 0.05) is 6.54 Å². The molecule has 0 aliphatic carbocycles. The van der Waals surface area contributed by atoms with Crippen molar-refractivity contribution >= 4 is 12.4 Å². The highest BCUT2D eigenvalue weighted by atomic mass is 35.5. The first-order valence-corrected chi connectivity index (χ1v) is 8.32.